The number of carbonyl (C=O) groups is 1. The second kappa shape index (κ2) is 12.6. The molecule has 0 aliphatic carbocycles. The monoisotopic (exact) mass is 528 g/mol. The lowest BCUT2D eigenvalue weighted by molar-refractivity contribution is 0.0963. The maximum Gasteiger partial charge on any atom is 0.409 e. The van der Waals surface area contributed by atoms with Crippen LogP contribution in [0.25, 0.3) is 11.0 Å². The Kier molecular flexibility index (Phi) is 10.2. The number of piperidine rings is 1. The lowest BCUT2D eigenvalue weighted by Gasteiger charge is -2.32. The molecule has 0 saturated carbocycles. The SMILES string of the molecule is CCNC(=NCCCn1cnc2ccccc21)NC1CCN(C(=O)OCC)CC1.I. The summed E-state index contributed by atoms with van der Waals surface area (Å²) in [4.78, 5) is 22.8. The first-order chi connectivity index (χ1) is 14.2. The summed E-state index contributed by atoms with van der Waals surface area (Å²) in [7, 11) is 0. The summed E-state index contributed by atoms with van der Waals surface area (Å²) < 4.78 is 7.26. The van der Waals surface area contributed by atoms with Crippen molar-refractivity contribution in [2.24, 2.45) is 4.99 Å². The Bertz CT molecular complexity index is 817. The van der Waals surface area contributed by atoms with Gasteiger partial charge in [0.15, 0.2) is 5.96 Å². The molecule has 2 N–H and O–H groups in total. The highest BCUT2D eigenvalue weighted by Crippen LogP contribution is 2.13. The molecule has 3 rings (SSSR count). The van der Waals surface area contributed by atoms with E-state index in [1.807, 2.05) is 31.5 Å². The zero-order valence-corrected chi connectivity index (χ0v) is 20.2. The molecule has 0 radical (unpaired) electrons. The van der Waals surface area contributed by atoms with Crippen LogP contribution in [0.5, 0.6) is 0 Å². The van der Waals surface area contributed by atoms with E-state index in [1.54, 1.807) is 4.90 Å². The number of likely N-dealkylation sites (tertiary alicyclic amines) is 1. The van der Waals surface area contributed by atoms with Crippen LogP contribution in [0.4, 0.5) is 4.79 Å². The number of aryl methyl sites for hydroxylation is 1. The molecule has 1 aliphatic heterocycles. The summed E-state index contributed by atoms with van der Waals surface area (Å²) in [6, 6.07) is 8.50. The lowest BCUT2D eigenvalue weighted by atomic mass is 10.1. The number of hydrogen-bond donors (Lipinski definition) is 2. The number of benzene rings is 1. The van der Waals surface area contributed by atoms with E-state index in [-0.39, 0.29) is 30.1 Å². The van der Waals surface area contributed by atoms with E-state index in [0.717, 1.165) is 55.9 Å². The Labute approximate surface area is 195 Å². The van der Waals surface area contributed by atoms with Crippen molar-refractivity contribution in [1.29, 1.82) is 0 Å². The van der Waals surface area contributed by atoms with Crippen molar-refractivity contribution in [1.82, 2.24) is 25.1 Å². The van der Waals surface area contributed by atoms with E-state index in [9.17, 15) is 4.79 Å². The third-order valence-corrected chi connectivity index (χ3v) is 5.06. The maximum atomic E-state index is 11.8. The highest BCUT2D eigenvalue weighted by atomic mass is 127. The first-order valence-corrected chi connectivity index (χ1v) is 10.6. The number of hydrogen-bond acceptors (Lipinski definition) is 4. The average molecular weight is 528 g/mol. The number of guanidine groups is 1. The maximum absolute atomic E-state index is 11.8. The summed E-state index contributed by atoms with van der Waals surface area (Å²) >= 11 is 0. The second-order valence-corrected chi connectivity index (χ2v) is 7.15. The number of nitrogens with zero attached hydrogens (tertiary/aromatic N) is 4. The predicted octanol–water partition coefficient (Wildman–Crippen LogP) is 3.22. The van der Waals surface area contributed by atoms with Gasteiger partial charge in [-0.15, -0.1) is 24.0 Å². The number of para-hydroxylation sites is 2. The standard InChI is InChI=1S/C21H32N6O2.HI/c1-3-22-20(25-17-10-14-26(15-11-17)21(28)29-4-2)23-12-7-13-27-16-24-18-8-5-6-9-19(18)27;/h5-6,8-9,16-17H,3-4,7,10-15H2,1-2H3,(H2,22,23,25);1H. The Morgan fingerprint density at radius 2 is 2.03 bits per heavy atom. The molecule has 0 spiro atoms. The van der Waals surface area contributed by atoms with Gasteiger partial charge in [-0.2, -0.15) is 0 Å². The molecular weight excluding hydrogens is 495 g/mol. The fourth-order valence-electron chi connectivity index (χ4n) is 3.55. The van der Waals surface area contributed by atoms with Gasteiger partial charge in [0, 0.05) is 38.8 Å². The number of halogens is 1. The molecule has 1 aliphatic rings. The normalized spacial score (nSPS) is 15.0. The zero-order chi connectivity index (χ0) is 20.5. The van der Waals surface area contributed by atoms with E-state index in [4.69, 9.17) is 9.73 Å². The molecule has 2 heterocycles. The number of carbonyl (C=O) groups excluding carboxylic acids is 1. The van der Waals surface area contributed by atoms with Crippen molar-refractivity contribution < 1.29 is 9.53 Å². The van der Waals surface area contributed by atoms with Crippen LogP contribution < -0.4 is 10.6 Å². The van der Waals surface area contributed by atoms with E-state index < -0.39 is 0 Å². The first kappa shape index (κ1) is 24.2. The molecule has 8 nitrogen and oxygen atoms in total. The highest BCUT2D eigenvalue weighted by Gasteiger charge is 2.23. The molecule has 1 fully saturated rings. The largest absolute Gasteiger partial charge is 0.450 e. The predicted molar refractivity (Wildman–Crippen MR) is 130 cm³/mol. The van der Waals surface area contributed by atoms with E-state index >= 15 is 0 Å². The lowest BCUT2D eigenvalue weighted by Crippen LogP contribution is -2.49. The second-order valence-electron chi connectivity index (χ2n) is 7.15. The van der Waals surface area contributed by atoms with Gasteiger partial charge in [-0.25, -0.2) is 9.78 Å². The van der Waals surface area contributed by atoms with Gasteiger partial charge < -0.3 is 24.8 Å². The van der Waals surface area contributed by atoms with Crippen molar-refractivity contribution in [2.75, 3.05) is 32.8 Å². The van der Waals surface area contributed by atoms with Gasteiger partial charge in [0.25, 0.3) is 0 Å². The van der Waals surface area contributed by atoms with Crippen LogP contribution in [0.1, 0.15) is 33.1 Å². The number of imidazole rings is 1. The van der Waals surface area contributed by atoms with Crippen LogP contribution in [0.3, 0.4) is 0 Å². The van der Waals surface area contributed by atoms with Gasteiger partial charge in [-0.1, -0.05) is 12.1 Å². The van der Waals surface area contributed by atoms with Crippen molar-refractivity contribution in [3.63, 3.8) is 0 Å². The van der Waals surface area contributed by atoms with E-state index in [2.05, 4.69) is 33.2 Å². The average Bonchev–Trinajstić information content (AvgIpc) is 3.15. The fourth-order valence-corrected chi connectivity index (χ4v) is 3.55. The summed E-state index contributed by atoms with van der Waals surface area (Å²) in [6.45, 7) is 8.19. The van der Waals surface area contributed by atoms with E-state index in [1.165, 1.54) is 0 Å². The Morgan fingerprint density at radius 1 is 1.27 bits per heavy atom. The molecular formula is C21H33IN6O2. The van der Waals surface area contributed by atoms with Crippen molar-refractivity contribution in [3.05, 3.63) is 30.6 Å². The molecule has 9 heteroatoms. The number of aromatic nitrogens is 2. The number of rotatable bonds is 7. The number of nitrogens with one attached hydrogen (secondary N) is 2. The third kappa shape index (κ3) is 6.75. The van der Waals surface area contributed by atoms with Crippen LogP contribution >= 0.6 is 24.0 Å². The molecule has 0 atom stereocenters. The molecule has 0 unspecified atom stereocenters. The summed E-state index contributed by atoms with van der Waals surface area (Å²) in [5, 5.41) is 6.83. The molecule has 1 amide bonds. The smallest absolute Gasteiger partial charge is 0.409 e. The fraction of sp³-hybridized carbons (Fsp3) is 0.571. The molecule has 1 saturated heterocycles. The van der Waals surface area contributed by atoms with Gasteiger partial charge >= 0.3 is 6.09 Å². The van der Waals surface area contributed by atoms with Gasteiger partial charge in [-0.05, 0) is 45.2 Å². The molecule has 1 aromatic heterocycles. The van der Waals surface area contributed by atoms with Crippen LogP contribution in [0, 0.1) is 0 Å². The summed E-state index contributed by atoms with van der Waals surface area (Å²) in [6.07, 6.45) is 4.42. The van der Waals surface area contributed by atoms with Gasteiger partial charge in [0.05, 0.1) is 24.0 Å². The number of ether oxygens (including phenoxy) is 1. The first-order valence-electron chi connectivity index (χ1n) is 10.6. The quantitative estimate of drug-likeness (QED) is 0.250. The van der Waals surface area contributed by atoms with Crippen molar-refractivity contribution in [3.8, 4) is 0 Å². The molecule has 0 bridgehead atoms. The Hall–Kier alpha value is -2.04. The minimum atomic E-state index is -0.210. The topological polar surface area (TPSA) is 83.8 Å². The summed E-state index contributed by atoms with van der Waals surface area (Å²) in [5.41, 5.74) is 2.19. The highest BCUT2D eigenvalue weighted by molar-refractivity contribution is 14.0. The van der Waals surface area contributed by atoms with Gasteiger partial charge in [0.2, 0.25) is 0 Å². The minimum absolute atomic E-state index is 0. The van der Waals surface area contributed by atoms with Crippen LogP contribution in [0.15, 0.2) is 35.6 Å². The number of fused-ring (bicyclic) bond motifs is 1. The van der Waals surface area contributed by atoms with Crippen LogP contribution in [0.2, 0.25) is 0 Å². The van der Waals surface area contributed by atoms with Crippen LogP contribution in [-0.4, -0.2) is 65.3 Å². The molecule has 1 aromatic carbocycles. The van der Waals surface area contributed by atoms with Crippen molar-refractivity contribution in [2.45, 2.75) is 45.7 Å². The van der Waals surface area contributed by atoms with Gasteiger partial charge in [0.1, 0.15) is 0 Å². The Balaban J connectivity index is 0.00000320. The van der Waals surface area contributed by atoms with E-state index in [0.29, 0.717) is 25.7 Å². The number of aliphatic imine (C=N–C) groups is 1. The van der Waals surface area contributed by atoms with Crippen LogP contribution in [-0.2, 0) is 11.3 Å². The van der Waals surface area contributed by atoms with Crippen molar-refractivity contribution >= 4 is 47.1 Å². The zero-order valence-electron chi connectivity index (χ0n) is 17.8. The third-order valence-electron chi connectivity index (χ3n) is 5.06. The minimum Gasteiger partial charge on any atom is -0.450 e. The molecule has 2 aromatic rings. The summed E-state index contributed by atoms with van der Waals surface area (Å²) in [5.74, 6) is 0.845. The molecule has 30 heavy (non-hydrogen) atoms. The molecule has 166 valence electrons. The number of amides is 1. The van der Waals surface area contributed by atoms with Gasteiger partial charge in [-0.3, -0.25) is 4.99 Å². The Morgan fingerprint density at radius 3 is 2.77 bits per heavy atom.